The van der Waals surface area contributed by atoms with Gasteiger partial charge in [0.05, 0.1) is 5.38 Å². The fourth-order valence-electron chi connectivity index (χ4n) is 2.20. The Morgan fingerprint density at radius 1 is 1.27 bits per heavy atom. The zero-order valence-corrected chi connectivity index (χ0v) is 10.0. The van der Waals surface area contributed by atoms with Gasteiger partial charge in [-0.1, -0.05) is 24.6 Å². The van der Waals surface area contributed by atoms with Gasteiger partial charge in [0.1, 0.15) is 0 Å². The number of thiophene rings is 1. The van der Waals surface area contributed by atoms with Crippen LogP contribution < -0.4 is 0 Å². The molecule has 0 aliphatic heterocycles. The highest BCUT2D eigenvalue weighted by molar-refractivity contribution is 7.17. The lowest BCUT2D eigenvalue weighted by molar-refractivity contribution is 0.306. The average molecular weight is 237 g/mol. The van der Waals surface area contributed by atoms with Gasteiger partial charge in [-0.3, -0.25) is 0 Å². The van der Waals surface area contributed by atoms with E-state index in [0.717, 1.165) is 0 Å². The van der Waals surface area contributed by atoms with Gasteiger partial charge < -0.3 is 0 Å². The van der Waals surface area contributed by atoms with Crippen molar-refractivity contribution in [2.75, 3.05) is 0 Å². The van der Waals surface area contributed by atoms with E-state index in [2.05, 4.69) is 29.6 Å². The summed E-state index contributed by atoms with van der Waals surface area (Å²) in [6, 6.07) is 8.56. The van der Waals surface area contributed by atoms with Crippen LogP contribution in [0.2, 0.25) is 0 Å². The molecule has 0 saturated heterocycles. The second-order valence-corrected chi connectivity index (χ2v) is 5.66. The molecule has 2 heteroatoms. The van der Waals surface area contributed by atoms with E-state index < -0.39 is 0 Å². The van der Waals surface area contributed by atoms with Gasteiger partial charge in [-0.15, -0.1) is 22.9 Å². The van der Waals surface area contributed by atoms with E-state index in [-0.39, 0.29) is 5.38 Å². The first kappa shape index (κ1) is 9.68. The summed E-state index contributed by atoms with van der Waals surface area (Å²) in [6.45, 7) is 0. The zero-order valence-electron chi connectivity index (χ0n) is 8.45. The van der Waals surface area contributed by atoms with Crippen molar-refractivity contribution in [1.29, 1.82) is 0 Å². The summed E-state index contributed by atoms with van der Waals surface area (Å²) in [5, 5.41) is 3.82. The number of hydrogen-bond donors (Lipinski definition) is 0. The lowest BCUT2D eigenvalue weighted by Gasteiger charge is -2.29. The highest BCUT2D eigenvalue weighted by Gasteiger charge is 2.28. The predicted octanol–water partition coefficient (Wildman–Crippen LogP) is 4.98. The summed E-state index contributed by atoms with van der Waals surface area (Å²) in [6.07, 6.45) is 3.96. The topological polar surface area (TPSA) is 0 Å². The molecule has 1 aliphatic rings. The van der Waals surface area contributed by atoms with Crippen LogP contribution in [0.4, 0.5) is 0 Å². The maximum absolute atomic E-state index is 6.54. The first-order valence-corrected chi connectivity index (χ1v) is 6.78. The van der Waals surface area contributed by atoms with Crippen LogP contribution in [-0.2, 0) is 0 Å². The van der Waals surface area contributed by atoms with Gasteiger partial charge in [-0.25, -0.2) is 0 Å². The van der Waals surface area contributed by atoms with Crippen LogP contribution in [0, 0.1) is 5.92 Å². The molecular formula is C13H13ClS. The Labute approximate surface area is 98.9 Å². The molecule has 15 heavy (non-hydrogen) atoms. The standard InChI is InChI=1S/C13H13ClS/c14-13(9-4-3-5-9)11-8-15-12-7-2-1-6-10(11)12/h1-2,6-9,13H,3-5H2. The van der Waals surface area contributed by atoms with Crippen molar-refractivity contribution >= 4 is 33.0 Å². The van der Waals surface area contributed by atoms with Gasteiger partial charge in [-0.2, -0.15) is 0 Å². The molecule has 1 aromatic carbocycles. The van der Waals surface area contributed by atoms with Crippen LogP contribution in [0.5, 0.6) is 0 Å². The van der Waals surface area contributed by atoms with Gasteiger partial charge in [-0.05, 0) is 41.2 Å². The Morgan fingerprint density at radius 2 is 2.07 bits per heavy atom. The van der Waals surface area contributed by atoms with Crippen LogP contribution in [0.25, 0.3) is 10.1 Å². The third kappa shape index (κ3) is 1.58. The fourth-order valence-corrected chi connectivity index (χ4v) is 3.70. The molecule has 1 aromatic heterocycles. The van der Waals surface area contributed by atoms with E-state index in [1.165, 1.54) is 34.9 Å². The van der Waals surface area contributed by atoms with Gasteiger partial charge in [0.25, 0.3) is 0 Å². The monoisotopic (exact) mass is 236 g/mol. The molecule has 0 spiro atoms. The Hall–Kier alpha value is -0.530. The molecule has 1 atom stereocenters. The first-order valence-electron chi connectivity index (χ1n) is 5.46. The zero-order chi connectivity index (χ0) is 10.3. The molecule has 1 heterocycles. The van der Waals surface area contributed by atoms with Crippen LogP contribution in [0.1, 0.15) is 30.2 Å². The Bertz CT molecular complexity index is 470. The molecule has 0 bridgehead atoms. The van der Waals surface area contributed by atoms with Crippen molar-refractivity contribution in [2.45, 2.75) is 24.6 Å². The lowest BCUT2D eigenvalue weighted by atomic mass is 9.80. The molecule has 0 N–H and O–H groups in total. The van der Waals surface area contributed by atoms with Crippen molar-refractivity contribution in [3.63, 3.8) is 0 Å². The Balaban J connectivity index is 2.02. The second kappa shape index (κ2) is 3.80. The minimum atomic E-state index is 0.231. The number of benzene rings is 1. The number of rotatable bonds is 2. The molecular weight excluding hydrogens is 224 g/mol. The molecule has 1 unspecified atom stereocenters. The summed E-state index contributed by atoms with van der Waals surface area (Å²) in [7, 11) is 0. The number of fused-ring (bicyclic) bond motifs is 1. The molecule has 0 nitrogen and oxygen atoms in total. The SMILES string of the molecule is ClC(c1csc2ccccc12)C1CCC1. The van der Waals surface area contributed by atoms with Gasteiger partial charge in [0.2, 0.25) is 0 Å². The molecule has 3 rings (SSSR count). The minimum Gasteiger partial charge on any atom is -0.143 e. The summed E-state index contributed by atoms with van der Waals surface area (Å²) in [4.78, 5) is 0. The van der Waals surface area contributed by atoms with E-state index >= 15 is 0 Å². The van der Waals surface area contributed by atoms with Crippen molar-refractivity contribution in [3.05, 3.63) is 35.2 Å². The third-order valence-corrected chi connectivity index (χ3v) is 4.94. The largest absolute Gasteiger partial charge is 0.143 e. The quantitative estimate of drug-likeness (QED) is 0.645. The van der Waals surface area contributed by atoms with Gasteiger partial charge in [0.15, 0.2) is 0 Å². The maximum atomic E-state index is 6.54. The molecule has 0 amide bonds. The van der Waals surface area contributed by atoms with Crippen LogP contribution in [0.15, 0.2) is 29.6 Å². The summed E-state index contributed by atoms with van der Waals surface area (Å²) in [5.74, 6) is 0.713. The highest BCUT2D eigenvalue weighted by atomic mass is 35.5. The number of alkyl halides is 1. The molecule has 1 fully saturated rings. The first-order chi connectivity index (χ1) is 7.36. The van der Waals surface area contributed by atoms with Crippen molar-refractivity contribution in [2.24, 2.45) is 5.92 Å². The Morgan fingerprint density at radius 3 is 2.80 bits per heavy atom. The molecule has 2 aromatic rings. The van der Waals surface area contributed by atoms with E-state index in [4.69, 9.17) is 11.6 Å². The van der Waals surface area contributed by atoms with Crippen molar-refractivity contribution in [1.82, 2.24) is 0 Å². The fraction of sp³-hybridized carbons (Fsp3) is 0.385. The average Bonchev–Trinajstić information content (AvgIpc) is 2.58. The smallest absolute Gasteiger partial charge is 0.0627 e. The molecule has 0 radical (unpaired) electrons. The predicted molar refractivity (Wildman–Crippen MR) is 67.8 cm³/mol. The van der Waals surface area contributed by atoms with E-state index in [1.54, 1.807) is 0 Å². The lowest BCUT2D eigenvalue weighted by Crippen LogP contribution is -2.16. The summed E-state index contributed by atoms with van der Waals surface area (Å²) < 4.78 is 1.36. The number of hydrogen-bond acceptors (Lipinski definition) is 1. The van der Waals surface area contributed by atoms with Gasteiger partial charge >= 0.3 is 0 Å². The Kier molecular flexibility index (Phi) is 2.45. The van der Waals surface area contributed by atoms with E-state index in [9.17, 15) is 0 Å². The van der Waals surface area contributed by atoms with Crippen LogP contribution >= 0.6 is 22.9 Å². The van der Waals surface area contributed by atoms with Gasteiger partial charge in [0, 0.05) is 4.70 Å². The number of halogens is 1. The van der Waals surface area contributed by atoms with Crippen molar-refractivity contribution < 1.29 is 0 Å². The second-order valence-electron chi connectivity index (χ2n) is 4.28. The molecule has 1 saturated carbocycles. The molecule has 78 valence electrons. The highest BCUT2D eigenvalue weighted by Crippen LogP contribution is 2.45. The third-order valence-electron chi connectivity index (χ3n) is 3.37. The van der Waals surface area contributed by atoms with E-state index in [1.807, 2.05) is 11.3 Å². The van der Waals surface area contributed by atoms with Crippen molar-refractivity contribution in [3.8, 4) is 0 Å². The minimum absolute atomic E-state index is 0.231. The maximum Gasteiger partial charge on any atom is 0.0627 e. The normalized spacial score (nSPS) is 19.0. The summed E-state index contributed by atoms with van der Waals surface area (Å²) >= 11 is 8.34. The summed E-state index contributed by atoms with van der Waals surface area (Å²) in [5.41, 5.74) is 1.35. The molecule has 1 aliphatic carbocycles. The van der Waals surface area contributed by atoms with Crippen LogP contribution in [0.3, 0.4) is 0 Å². The van der Waals surface area contributed by atoms with Crippen LogP contribution in [-0.4, -0.2) is 0 Å². The van der Waals surface area contributed by atoms with E-state index in [0.29, 0.717) is 5.92 Å².